The topological polar surface area (TPSA) is 72.9 Å². The van der Waals surface area contributed by atoms with Gasteiger partial charge in [0.05, 0.1) is 14.2 Å². The number of hydrogen-bond donors (Lipinski definition) is 1. The van der Waals surface area contributed by atoms with Crippen LogP contribution in [-0.4, -0.2) is 34.8 Å². The summed E-state index contributed by atoms with van der Waals surface area (Å²) < 4.78 is 10.4. The van der Waals surface area contributed by atoms with Crippen molar-refractivity contribution < 1.29 is 9.47 Å². The first-order chi connectivity index (χ1) is 7.83. The molecule has 0 unspecified atom stereocenters. The van der Waals surface area contributed by atoms with E-state index >= 15 is 0 Å². The molecule has 2 aromatic rings. The lowest BCUT2D eigenvalue weighted by Gasteiger charge is -2.08. The molecule has 0 spiro atoms. The number of benzene rings is 1. The van der Waals surface area contributed by atoms with Gasteiger partial charge in [-0.25, -0.2) is 5.10 Å². The highest BCUT2D eigenvalue weighted by Gasteiger charge is 2.06. The quantitative estimate of drug-likeness (QED) is 0.825. The molecule has 0 aliphatic heterocycles. The Morgan fingerprint density at radius 1 is 1.19 bits per heavy atom. The molecule has 16 heavy (non-hydrogen) atoms. The molecule has 1 aromatic heterocycles. The van der Waals surface area contributed by atoms with Gasteiger partial charge in [-0.2, -0.15) is 0 Å². The number of nitrogens with one attached hydrogen (secondary N) is 1. The van der Waals surface area contributed by atoms with E-state index in [1.807, 2.05) is 18.2 Å². The number of rotatable bonds is 4. The van der Waals surface area contributed by atoms with Crippen molar-refractivity contribution in [1.29, 1.82) is 0 Å². The van der Waals surface area contributed by atoms with Crippen molar-refractivity contribution in [3.8, 4) is 11.5 Å². The van der Waals surface area contributed by atoms with Gasteiger partial charge in [0, 0.05) is 6.42 Å². The normalized spacial score (nSPS) is 10.1. The van der Waals surface area contributed by atoms with Crippen LogP contribution in [0.15, 0.2) is 18.2 Å². The summed E-state index contributed by atoms with van der Waals surface area (Å²) in [4.78, 5) is 0. The van der Waals surface area contributed by atoms with E-state index in [0.29, 0.717) is 23.7 Å². The van der Waals surface area contributed by atoms with Gasteiger partial charge in [-0.05, 0) is 28.1 Å². The van der Waals surface area contributed by atoms with E-state index in [0.717, 1.165) is 5.56 Å². The molecule has 1 heterocycles. The Kier molecular flexibility index (Phi) is 3.00. The molecular weight excluding hydrogens is 208 g/mol. The molecule has 0 saturated heterocycles. The van der Waals surface area contributed by atoms with E-state index in [2.05, 4.69) is 20.6 Å². The monoisotopic (exact) mass is 220 g/mol. The van der Waals surface area contributed by atoms with Crippen molar-refractivity contribution in [3.63, 3.8) is 0 Å². The summed E-state index contributed by atoms with van der Waals surface area (Å²) in [5, 5.41) is 13.6. The fourth-order valence-corrected chi connectivity index (χ4v) is 1.44. The summed E-state index contributed by atoms with van der Waals surface area (Å²) in [5.41, 5.74) is 1.05. The van der Waals surface area contributed by atoms with E-state index in [1.165, 1.54) is 0 Å². The first-order valence-corrected chi connectivity index (χ1v) is 4.77. The van der Waals surface area contributed by atoms with Gasteiger partial charge in [-0.15, -0.1) is 5.10 Å². The zero-order chi connectivity index (χ0) is 11.4. The Morgan fingerprint density at radius 3 is 2.62 bits per heavy atom. The number of H-pyrrole nitrogens is 1. The largest absolute Gasteiger partial charge is 0.493 e. The predicted molar refractivity (Wildman–Crippen MR) is 56.5 cm³/mol. The SMILES string of the molecule is COc1ccc(Cc2nnn[nH]2)cc1OC. The fourth-order valence-electron chi connectivity index (χ4n) is 1.44. The molecule has 0 aliphatic rings. The molecule has 0 amide bonds. The number of aromatic amines is 1. The Morgan fingerprint density at radius 2 is 2.00 bits per heavy atom. The molecule has 0 fully saturated rings. The highest BCUT2D eigenvalue weighted by atomic mass is 16.5. The molecule has 6 heteroatoms. The van der Waals surface area contributed by atoms with Crippen molar-refractivity contribution >= 4 is 0 Å². The number of aromatic nitrogens is 4. The third-order valence-corrected chi connectivity index (χ3v) is 2.21. The molecule has 0 aliphatic carbocycles. The molecular formula is C10H12N4O2. The predicted octanol–water partition coefficient (Wildman–Crippen LogP) is 0.808. The maximum absolute atomic E-state index is 5.21. The Bertz CT molecular complexity index is 456. The molecule has 0 bridgehead atoms. The van der Waals surface area contributed by atoms with Gasteiger partial charge in [-0.3, -0.25) is 0 Å². The molecule has 84 valence electrons. The Hall–Kier alpha value is -2.11. The lowest BCUT2D eigenvalue weighted by Crippen LogP contribution is -1.95. The summed E-state index contributed by atoms with van der Waals surface area (Å²) in [6.45, 7) is 0. The van der Waals surface area contributed by atoms with Crippen molar-refractivity contribution in [2.45, 2.75) is 6.42 Å². The second-order valence-electron chi connectivity index (χ2n) is 3.21. The lowest BCUT2D eigenvalue weighted by atomic mass is 10.1. The third kappa shape index (κ3) is 2.10. The van der Waals surface area contributed by atoms with Crippen LogP contribution in [0.25, 0.3) is 0 Å². The van der Waals surface area contributed by atoms with Crippen LogP contribution in [0.2, 0.25) is 0 Å². The highest BCUT2D eigenvalue weighted by molar-refractivity contribution is 5.43. The average Bonchev–Trinajstić information content (AvgIpc) is 2.81. The van der Waals surface area contributed by atoms with Crippen LogP contribution >= 0.6 is 0 Å². The minimum atomic E-state index is 0.632. The summed E-state index contributed by atoms with van der Waals surface area (Å²) in [5.74, 6) is 2.13. The van der Waals surface area contributed by atoms with Crippen molar-refractivity contribution in [1.82, 2.24) is 20.6 Å². The van der Waals surface area contributed by atoms with Crippen molar-refractivity contribution in [2.75, 3.05) is 14.2 Å². The number of tetrazole rings is 1. The number of methoxy groups -OCH3 is 2. The van der Waals surface area contributed by atoms with E-state index in [4.69, 9.17) is 9.47 Å². The van der Waals surface area contributed by atoms with Gasteiger partial charge in [-0.1, -0.05) is 6.07 Å². The molecule has 0 radical (unpaired) electrons. The summed E-state index contributed by atoms with van der Waals surface area (Å²) in [7, 11) is 3.22. The molecule has 0 saturated carbocycles. The number of nitrogens with zero attached hydrogens (tertiary/aromatic N) is 3. The summed E-state index contributed by atoms with van der Waals surface area (Å²) in [6.07, 6.45) is 0.632. The molecule has 2 rings (SSSR count). The zero-order valence-corrected chi connectivity index (χ0v) is 9.10. The van der Waals surface area contributed by atoms with E-state index in [1.54, 1.807) is 14.2 Å². The molecule has 1 aromatic carbocycles. The van der Waals surface area contributed by atoms with Gasteiger partial charge >= 0.3 is 0 Å². The third-order valence-electron chi connectivity index (χ3n) is 2.21. The maximum Gasteiger partial charge on any atom is 0.161 e. The van der Waals surface area contributed by atoms with Crippen LogP contribution in [0.3, 0.4) is 0 Å². The van der Waals surface area contributed by atoms with Crippen LogP contribution < -0.4 is 9.47 Å². The molecule has 6 nitrogen and oxygen atoms in total. The second kappa shape index (κ2) is 4.61. The number of hydrogen-bond acceptors (Lipinski definition) is 5. The lowest BCUT2D eigenvalue weighted by molar-refractivity contribution is 0.354. The van der Waals surface area contributed by atoms with E-state index < -0.39 is 0 Å². The smallest absolute Gasteiger partial charge is 0.161 e. The van der Waals surface area contributed by atoms with Crippen molar-refractivity contribution in [3.05, 3.63) is 29.6 Å². The van der Waals surface area contributed by atoms with Gasteiger partial charge in [0.1, 0.15) is 0 Å². The van der Waals surface area contributed by atoms with E-state index in [9.17, 15) is 0 Å². The van der Waals surface area contributed by atoms with Gasteiger partial charge < -0.3 is 9.47 Å². The Balaban J connectivity index is 2.22. The van der Waals surface area contributed by atoms with Gasteiger partial charge in [0.2, 0.25) is 0 Å². The molecule has 1 N–H and O–H groups in total. The van der Waals surface area contributed by atoms with Crippen LogP contribution in [-0.2, 0) is 6.42 Å². The molecule has 0 atom stereocenters. The van der Waals surface area contributed by atoms with Gasteiger partial charge in [0.15, 0.2) is 17.3 Å². The minimum Gasteiger partial charge on any atom is -0.493 e. The van der Waals surface area contributed by atoms with Crippen LogP contribution in [0.1, 0.15) is 11.4 Å². The second-order valence-corrected chi connectivity index (χ2v) is 3.21. The van der Waals surface area contributed by atoms with Crippen LogP contribution in [0.4, 0.5) is 0 Å². The zero-order valence-electron chi connectivity index (χ0n) is 9.10. The summed E-state index contributed by atoms with van der Waals surface area (Å²) >= 11 is 0. The maximum atomic E-state index is 5.21. The fraction of sp³-hybridized carbons (Fsp3) is 0.300. The first-order valence-electron chi connectivity index (χ1n) is 4.77. The average molecular weight is 220 g/mol. The van der Waals surface area contributed by atoms with Gasteiger partial charge in [0.25, 0.3) is 0 Å². The van der Waals surface area contributed by atoms with E-state index in [-0.39, 0.29) is 0 Å². The number of ether oxygens (including phenoxy) is 2. The van der Waals surface area contributed by atoms with Crippen LogP contribution in [0, 0.1) is 0 Å². The van der Waals surface area contributed by atoms with Crippen LogP contribution in [0.5, 0.6) is 11.5 Å². The Labute approximate surface area is 92.6 Å². The minimum absolute atomic E-state index is 0.632. The first kappa shape index (κ1) is 10.4. The standard InChI is InChI=1S/C10H12N4O2/c1-15-8-4-3-7(5-9(8)16-2)6-10-11-13-14-12-10/h3-5H,6H2,1-2H3,(H,11,12,13,14). The summed E-state index contributed by atoms with van der Waals surface area (Å²) in [6, 6.07) is 5.71. The van der Waals surface area contributed by atoms with Crippen molar-refractivity contribution in [2.24, 2.45) is 0 Å². The highest BCUT2D eigenvalue weighted by Crippen LogP contribution is 2.27.